The summed E-state index contributed by atoms with van der Waals surface area (Å²) in [7, 11) is 0. The number of nitrogens with zero attached hydrogens (tertiary/aromatic N) is 2. The summed E-state index contributed by atoms with van der Waals surface area (Å²) in [6.45, 7) is 7.57. The molecule has 2 aromatic carbocycles. The van der Waals surface area contributed by atoms with Crippen molar-refractivity contribution in [3.05, 3.63) is 66.2 Å². The molecule has 2 aromatic rings. The molecular weight excluding hydrogens is 370 g/mol. The highest BCUT2D eigenvalue weighted by Crippen LogP contribution is 2.35. The van der Waals surface area contributed by atoms with Gasteiger partial charge in [-0.05, 0) is 35.9 Å². The van der Waals surface area contributed by atoms with Crippen molar-refractivity contribution in [3.8, 4) is 11.5 Å². The number of rotatable bonds is 5. The van der Waals surface area contributed by atoms with Crippen LogP contribution >= 0.6 is 0 Å². The van der Waals surface area contributed by atoms with Gasteiger partial charge in [-0.15, -0.1) is 0 Å². The molecule has 150 valence electrons. The molecule has 0 radical (unpaired) electrons. The fourth-order valence-electron chi connectivity index (χ4n) is 3.51. The van der Waals surface area contributed by atoms with Gasteiger partial charge >= 0.3 is 0 Å². The van der Waals surface area contributed by atoms with Crippen LogP contribution in [0.15, 0.2) is 55.1 Å². The monoisotopic (exact) mass is 393 g/mol. The zero-order valence-corrected chi connectivity index (χ0v) is 16.1. The molecule has 0 aromatic heterocycles. The van der Waals surface area contributed by atoms with Crippen molar-refractivity contribution in [3.63, 3.8) is 0 Å². The van der Waals surface area contributed by atoms with Gasteiger partial charge in [0, 0.05) is 38.4 Å². The summed E-state index contributed by atoms with van der Waals surface area (Å²) in [5.41, 5.74) is 2.33. The van der Waals surface area contributed by atoms with E-state index in [1.165, 1.54) is 6.08 Å². The highest BCUT2D eigenvalue weighted by molar-refractivity contribution is 6.06. The van der Waals surface area contributed by atoms with Crippen molar-refractivity contribution in [2.24, 2.45) is 0 Å². The second kappa shape index (κ2) is 8.36. The Hall–Kier alpha value is -3.32. The van der Waals surface area contributed by atoms with E-state index in [0.717, 1.165) is 30.9 Å². The summed E-state index contributed by atoms with van der Waals surface area (Å²) in [5, 5.41) is 2.90. The van der Waals surface area contributed by atoms with Crippen molar-refractivity contribution >= 4 is 17.5 Å². The molecule has 4 rings (SSSR count). The molecule has 29 heavy (non-hydrogen) atoms. The van der Waals surface area contributed by atoms with Gasteiger partial charge in [-0.3, -0.25) is 14.5 Å². The van der Waals surface area contributed by atoms with E-state index in [9.17, 15) is 9.59 Å². The Morgan fingerprint density at radius 3 is 2.52 bits per heavy atom. The number of benzene rings is 2. The molecule has 2 aliphatic heterocycles. The first-order valence-electron chi connectivity index (χ1n) is 9.56. The first kappa shape index (κ1) is 19.0. The predicted octanol–water partition coefficient (Wildman–Crippen LogP) is 2.50. The van der Waals surface area contributed by atoms with Crippen LogP contribution in [0.2, 0.25) is 0 Å². The number of carbonyl (C=O) groups excluding carboxylic acids is 2. The Bertz CT molecular complexity index is 918. The smallest absolute Gasteiger partial charge is 0.259 e. The van der Waals surface area contributed by atoms with E-state index in [1.807, 2.05) is 29.2 Å². The Morgan fingerprint density at radius 2 is 1.79 bits per heavy atom. The molecule has 0 aliphatic carbocycles. The Kier molecular flexibility index (Phi) is 5.48. The molecular formula is C22H23N3O4. The topological polar surface area (TPSA) is 71.1 Å². The maximum absolute atomic E-state index is 12.6. The van der Waals surface area contributed by atoms with Crippen LogP contribution in [-0.2, 0) is 11.3 Å². The van der Waals surface area contributed by atoms with Gasteiger partial charge in [0.2, 0.25) is 12.7 Å². The van der Waals surface area contributed by atoms with E-state index in [4.69, 9.17) is 9.47 Å². The third-order valence-corrected chi connectivity index (χ3v) is 5.12. The summed E-state index contributed by atoms with van der Waals surface area (Å²) in [5.74, 6) is 0.826. The molecule has 0 bridgehead atoms. The first-order valence-corrected chi connectivity index (χ1v) is 9.56. The zero-order valence-electron chi connectivity index (χ0n) is 16.1. The van der Waals surface area contributed by atoms with E-state index >= 15 is 0 Å². The molecule has 1 N–H and O–H groups in total. The van der Waals surface area contributed by atoms with Crippen LogP contribution in [0, 0.1) is 0 Å². The Morgan fingerprint density at radius 1 is 1.03 bits per heavy atom. The normalized spacial score (nSPS) is 15.8. The summed E-state index contributed by atoms with van der Waals surface area (Å²) >= 11 is 0. The van der Waals surface area contributed by atoms with Crippen LogP contribution in [0.1, 0.15) is 15.9 Å². The summed E-state index contributed by atoms with van der Waals surface area (Å²) < 4.78 is 10.7. The van der Waals surface area contributed by atoms with Gasteiger partial charge < -0.3 is 19.7 Å². The lowest BCUT2D eigenvalue weighted by Crippen LogP contribution is -2.47. The number of hydrogen-bond donors (Lipinski definition) is 1. The number of para-hydroxylation sites is 1. The van der Waals surface area contributed by atoms with Gasteiger partial charge in [-0.1, -0.05) is 24.8 Å². The van der Waals surface area contributed by atoms with Crippen LogP contribution < -0.4 is 14.8 Å². The Balaban J connectivity index is 1.33. The van der Waals surface area contributed by atoms with Gasteiger partial charge in [0.05, 0.1) is 5.56 Å². The predicted molar refractivity (Wildman–Crippen MR) is 109 cm³/mol. The molecule has 2 amide bonds. The lowest BCUT2D eigenvalue weighted by Gasteiger charge is -2.34. The van der Waals surface area contributed by atoms with Crippen molar-refractivity contribution in [2.75, 3.05) is 38.3 Å². The van der Waals surface area contributed by atoms with E-state index in [0.29, 0.717) is 30.2 Å². The number of ether oxygens (including phenoxy) is 2. The van der Waals surface area contributed by atoms with Crippen LogP contribution in [-0.4, -0.2) is 54.6 Å². The average molecular weight is 393 g/mol. The second-order valence-corrected chi connectivity index (χ2v) is 7.00. The van der Waals surface area contributed by atoms with E-state index in [1.54, 1.807) is 18.2 Å². The summed E-state index contributed by atoms with van der Waals surface area (Å²) in [6.07, 6.45) is 1.37. The van der Waals surface area contributed by atoms with Crippen LogP contribution in [0.4, 0.5) is 5.69 Å². The highest BCUT2D eigenvalue weighted by Gasteiger charge is 2.22. The minimum atomic E-state index is -0.233. The fraction of sp³-hybridized carbons (Fsp3) is 0.273. The number of piperazine rings is 1. The molecule has 2 heterocycles. The molecule has 0 saturated carbocycles. The lowest BCUT2D eigenvalue weighted by molar-refractivity contribution is -0.127. The number of carbonyl (C=O) groups is 2. The standard InChI is InChI=1S/C22H23N3O4/c1-2-20(26)25-12-10-24(11-13-25)14-16-6-8-17(9-7-16)23-22(27)18-4-3-5-19-21(18)29-15-28-19/h2-9H,1,10-15H2,(H,23,27). The number of amides is 2. The van der Waals surface area contributed by atoms with Crippen LogP contribution in [0.5, 0.6) is 11.5 Å². The average Bonchev–Trinajstić information content (AvgIpc) is 3.24. The van der Waals surface area contributed by atoms with Crippen LogP contribution in [0.25, 0.3) is 0 Å². The molecule has 7 nitrogen and oxygen atoms in total. The number of hydrogen-bond acceptors (Lipinski definition) is 5. The van der Waals surface area contributed by atoms with Gasteiger partial charge in [0.15, 0.2) is 11.5 Å². The van der Waals surface area contributed by atoms with Crippen LogP contribution in [0.3, 0.4) is 0 Å². The molecule has 0 spiro atoms. The molecule has 2 aliphatic rings. The van der Waals surface area contributed by atoms with Gasteiger partial charge in [0.1, 0.15) is 0 Å². The molecule has 1 saturated heterocycles. The van der Waals surface area contributed by atoms with Crippen molar-refractivity contribution in [1.82, 2.24) is 9.80 Å². The second-order valence-electron chi connectivity index (χ2n) is 7.00. The van der Waals surface area contributed by atoms with Crippen molar-refractivity contribution in [1.29, 1.82) is 0 Å². The molecule has 0 atom stereocenters. The SMILES string of the molecule is C=CC(=O)N1CCN(Cc2ccc(NC(=O)c3cccc4c3OCO4)cc2)CC1. The number of fused-ring (bicyclic) bond motifs is 1. The highest BCUT2D eigenvalue weighted by atomic mass is 16.7. The maximum atomic E-state index is 12.6. The number of anilines is 1. The minimum Gasteiger partial charge on any atom is -0.454 e. The lowest BCUT2D eigenvalue weighted by atomic mass is 10.1. The quantitative estimate of drug-likeness (QED) is 0.791. The van der Waals surface area contributed by atoms with E-state index in [2.05, 4.69) is 16.8 Å². The molecule has 0 unspecified atom stereocenters. The Labute approximate surface area is 169 Å². The summed E-state index contributed by atoms with van der Waals surface area (Å²) in [4.78, 5) is 28.4. The van der Waals surface area contributed by atoms with E-state index < -0.39 is 0 Å². The largest absolute Gasteiger partial charge is 0.454 e. The molecule has 7 heteroatoms. The first-order chi connectivity index (χ1) is 14.1. The molecule has 1 fully saturated rings. The van der Waals surface area contributed by atoms with Gasteiger partial charge in [0.25, 0.3) is 5.91 Å². The third-order valence-electron chi connectivity index (χ3n) is 5.12. The third kappa shape index (κ3) is 4.25. The van der Waals surface area contributed by atoms with Crippen molar-refractivity contribution < 1.29 is 19.1 Å². The maximum Gasteiger partial charge on any atom is 0.259 e. The zero-order chi connectivity index (χ0) is 20.2. The fourth-order valence-corrected chi connectivity index (χ4v) is 3.51. The van der Waals surface area contributed by atoms with E-state index in [-0.39, 0.29) is 18.6 Å². The van der Waals surface area contributed by atoms with Gasteiger partial charge in [-0.2, -0.15) is 0 Å². The van der Waals surface area contributed by atoms with Crippen molar-refractivity contribution in [2.45, 2.75) is 6.54 Å². The van der Waals surface area contributed by atoms with Gasteiger partial charge in [-0.25, -0.2) is 0 Å². The minimum absolute atomic E-state index is 0.00855. The summed E-state index contributed by atoms with van der Waals surface area (Å²) in [6, 6.07) is 13.1. The number of nitrogens with one attached hydrogen (secondary N) is 1.